The maximum atomic E-state index is 12.1. The van der Waals surface area contributed by atoms with Gasteiger partial charge in [0.05, 0.1) is 5.88 Å². The van der Waals surface area contributed by atoms with Crippen LogP contribution in [0.3, 0.4) is 0 Å². The van der Waals surface area contributed by atoms with Crippen molar-refractivity contribution in [3.8, 4) is 0 Å². The standard InChI is InChI=1S/C17H18F3NS2/c1-3-8-15(14(2)21-13-23-17(18,19)20)9-7-12-22-16-10-5-4-6-11-16/h3-12H,13H2,1-2H3/b8-3-,12-7+,15-9+,21-14?. The molecule has 0 fully saturated rings. The van der Waals surface area contributed by atoms with Crippen molar-refractivity contribution < 1.29 is 13.2 Å². The predicted molar refractivity (Wildman–Crippen MR) is 96.0 cm³/mol. The second-order valence-electron chi connectivity index (χ2n) is 4.34. The first-order valence-corrected chi connectivity index (χ1v) is 8.72. The third-order valence-corrected chi connectivity index (χ3v) is 4.02. The summed E-state index contributed by atoms with van der Waals surface area (Å²) < 4.78 is 36.3. The lowest BCUT2D eigenvalue weighted by Crippen LogP contribution is -2.02. The lowest BCUT2D eigenvalue weighted by molar-refractivity contribution is -0.0327. The Morgan fingerprint density at radius 3 is 2.52 bits per heavy atom. The van der Waals surface area contributed by atoms with Gasteiger partial charge in [0.2, 0.25) is 0 Å². The molecule has 0 unspecified atom stereocenters. The fourth-order valence-electron chi connectivity index (χ4n) is 1.53. The molecule has 0 amide bonds. The molecule has 0 bridgehead atoms. The highest BCUT2D eigenvalue weighted by atomic mass is 32.2. The summed E-state index contributed by atoms with van der Waals surface area (Å²) in [6, 6.07) is 9.90. The van der Waals surface area contributed by atoms with Crippen LogP contribution < -0.4 is 0 Å². The van der Waals surface area contributed by atoms with Crippen LogP contribution in [0.5, 0.6) is 0 Å². The van der Waals surface area contributed by atoms with E-state index in [0.29, 0.717) is 5.71 Å². The largest absolute Gasteiger partial charge is 0.443 e. The molecule has 0 spiro atoms. The minimum atomic E-state index is -4.25. The Hall–Kier alpha value is -1.40. The number of benzene rings is 1. The van der Waals surface area contributed by atoms with Crippen molar-refractivity contribution in [2.45, 2.75) is 24.3 Å². The van der Waals surface area contributed by atoms with E-state index >= 15 is 0 Å². The van der Waals surface area contributed by atoms with Crippen molar-refractivity contribution in [3.63, 3.8) is 0 Å². The molecule has 0 N–H and O–H groups in total. The van der Waals surface area contributed by atoms with Gasteiger partial charge in [-0.1, -0.05) is 54.3 Å². The number of halogens is 3. The zero-order valence-electron chi connectivity index (χ0n) is 12.9. The number of alkyl halides is 3. The number of thioether (sulfide) groups is 2. The second kappa shape index (κ2) is 10.4. The van der Waals surface area contributed by atoms with Gasteiger partial charge in [-0.3, -0.25) is 4.99 Å². The molecule has 1 nitrogen and oxygen atoms in total. The minimum Gasteiger partial charge on any atom is -0.278 e. The van der Waals surface area contributed by atoms with E-state index in [1.165, 1.54) is 0 Å². The van der Waals surface area contributed by atoms with E-state index in [1.54, 1.807) is 18.7 Å². The summed E-state index contributed by atoms with van der Waals surface area (Å²) in [6.07, 6.45) is 7.37. The van der Waals surface area contributed by atoms with E-state index in [1.807, 2.05) is 67.0 Å². The average molecular weight is 357 g/mol. The summed E-state index contributed by atoms with van der Waals surface area (Å²) in [5, 5.41) is 1.93. The molecule has 23 heavy (non-hydrogen) atoms. The predicted octanol–water partition coefficient (Wildman–Crippen LogP) is 6.47. The summed E-state index contributed by atoms with van der Waals surface area (Å²) in [6.45, 7) is 3.56. The molecule has 0 atom stereocenters. The topological polar surface area (TPSA) is 12.4 Å². The van der Waals surface area contributed by atoms with Crippen LogP contribution in [0.4, 0.5) is 13.2 Å². The van der Waals surface area contributed by atoms with Crippen molar-refractivity contribution in [1.29, 1.82) is 0 Å². The summed E-state index contributed by atoms with van der Waals surface area (Å²) in [5.74, 6) is -0.327. The van der Waals surface area contributed by atoms with Gasteiger partial charge in [0.25, 0.3) is 0 Å². The maximum Gasteiger partial charge on any atom is 0.443 e. The van der Waals surface area contributed by atoms with Gasteiger partial charge in [-0.25, -0.2) is 0 Å². The second-order valence-corrected chi connectivity index (χ2v) is 6.33. The number of rotatable bonds is 7. The molecule has 0 aliphatic carbocycles. The highest BCUT2D eigenvalue weighted by Crippen LogP contribution is 2.30. The number of nitrogens with zero attached hydrogens (tertiary/aromatic N) is 1. The third kappa shape index (κ3) is 9.36. The Morgan fingerprint density at radius 1 is 1.22 bits per heavy atom. The SMILES string of the molecule is C\C=C/C(=C\C=C\Sc1ccccc1)C(C)=NCSC(F)(F)F. The molecule has 1 rings (SSSR count). The summed E-state index contributed by atoms with van der Waals surface area (Å²) in [7, 11) is 0. The molecule has 0 radical (unpaired) electrons. The molecular formula is C17H18F3NS2. The zero-order chi connectivity index (χ0) is 17.1. The van der Waals surface area contributed by atoms with Crippen molar-refractivity contribution >= 4 is 29.2 Å². The summed E-state index contributed by atoms with van der Waals surface area (Å²) >= 11 is 1.43. The zero-order valence-corrected chi connectivity index (χ0v) is 14.5. The Labute approximate surface area is 143 Å². The first-order valence-electron chi connectivity index (χ1n) is 6.85. The van der Waals surface area contributed by atoms with Gasteiger partial charge in [-0.15, -0.1) is 0 Å². The first kappa shape index (κ1) is 19.6. The minimum absolute atomic E-state index is 0.138. The van der Waals surface area contributed by atoms with Gasteiger partial charge in [-0.2, -0.15) is 13.2 Å². The number of aliphatic imine (C=N–C) groups is 1. The van der Waals surface area contributed by atoms with E-state index in [9.17, 15) is 13.2 Å². The van der Waals surface area contributed by atoms with Crippen molar-refractivity contribution in [1.82, 2.24) is 0 Å². The first-order chi connectivity index (χ1) is 10.9. The van der Waals surface area contributed by atoms with Crippen molar-refractivity contribution in [2.75, 3.05) is 5.88 Å². The van der Waals surface area contributed by atoms with E-state index in [-0.39, 0.29) is 17.6 Å². The fraction of sp³-hybridized carbons (Fsp3) is 0.235. The average Bonchev–Trinajstić information content (AvgIpc) is 2.50. The Morgan fingerprint density at radius 2 is 1.91 bits per heavy atom. The Kier molecular flexibility index (Phi) is 8.87. The van der Waals surface area contributed by atoms with Gasteiger partial charge < -0.3 is 0 Å². The van der Waals surface area contributed by atoms with Gasteiger partial charge in [0.15, 0.2) is 0 Å². The van der Waals surface area contributed by atoms with Gasteiger partial charge in [0, 0.05) is 10.6 Å². The lowest BCUT2D eigenvalue weighted by atomic mass is 10.1. The van der Waals surface area contributed by atoms with Gasteiger partial charge >= 0.3 is 5.51 Å². The summed E-state index contributed by atoms with van der Waals surface area (Å²) in [4.78, 5) is 5.09. The number of hydrogen-bond donors (Lipinski definition) is 0. The van der Waals surface area contributed by atoms with Gasteiger partial charge in [-0.05, 0) is 48.7 Å². The lowest BCUT2D eigenvalue weighted by Gasteiger charge is -2.04. The monoisotopic (exact) mass is 357 g/mol. The molecule has 0 aliphatic heterocycles. The molecule has 0 aliphatic rings. The number of hydrogen-bond acceptors (Lipinski definition) is 3. The molecule has 0 heterocycles. The highest BCUT2D eigenvalue weighted by Gasteiger charge is 2.27. The quantitative estimate of drug-likeness (QED) is 0.315. The van der Waals surface area contributed by atoms with Crippen LogP contribution in [0, 0.1) is 0 Å². The van der Waals surface area contributed by atoms with E-state index < -0.39 is 5.51 Å². The van der Waals surface area contributed by atoms with Crippen molar-refractivity contribution in [3.05, 3.63) is 65.6 Å². The van der Waals surface area contributed by atoms with Crippen LogP contribution in [0.25, 0.3) is 0 Å². The van der Waals surface area contributed by atoms with Gasteiger partial charge in [0.1, 0.15) is 0 Å². The maximum absolute atomic E-state index is 12.1. The summed E-state index contributed by atoms with van der Waals surface area (Å²) in [5.41, 5.74) is -2.88. The molecule has 6 heteroatoms. The van der Waals surface area contributed by atoms with Crippen LogP contribution in [-0.4, -0.2) is 17.1 Å². The van der Waals surface area contributed by atoms with Crippen LogP contribution in [0.1, 0.15) is 13.8 Å². The molecule has 0 saturated carbocycles. The van der Waals surface area contributed by atoms with E-state index in [4.69, 9.17) is 0 Å². The molecule has 1 aromatic carbocycles. The number of allylic oxidation sites excluding steroid dienone is 5. The third-order valence-electron chi connectivity index (χ3n) is 2.60. The fourth-order valence-corrected chi connectivity index (χ4v) is 2.56. The van der Waals surface area contributed by atoms with E-state index in [2.05, 4.69) is 4.99 Å². The normalized spacial score (nSPS) is 14.1. The van der Waals surface area contributed by atoms with Crippen LogP contribution in [-0.2, 0) is 0 Å². The Balaban J connectivity index is 2.67. The Bertz CT molecular complexity index is 588. The van der Waals surface area contributed by atoms with Crippen LogP contribution in [0.2, 0.25) is 0 Å². The van der Waals surface area contributed by atoms with Crippen molar-refractivity contribution in [2.24, 2.45) is 4.99 Å². The van der Waals surface area contributed by atoms with Crippen LogP contribution in [0.15, 0.2) is 75.5 Å². The molecule has 0 saturated heterocycles. The highest BCUT2D eigenvalue weighted by molar-refractivity contribution is 8.02. The molecule has 124 valence electrons. The molecule has 0 aromatic heterocycles. The molecular weight excluding hydrogens is 339 g/mol. The smallest absolute Gasteiger partial charge is 0.278 e. The molecule has 1 aromatic rings. The van der Waals surface area contributed by atoms with E-state index in [0.717, 1.165) is 10.5 Å². The van der Waals surface area contributed by atoms with Crippen LogP contribution >= 0.6 is 23.5 Å².